The molecule has 0 aromatic heterocycles. The van der Waals surface area contributed by atoms with Gasteiger partial charge >= 0.3 is 0 Å². The Hall–Kier alpha value is -3.80. The van der Waals surface area contributed by atoms with Crippen molar-refractivity contribution >= 4 is 32.3 Å². The molecule has 0 amide bonds. The van der Waals surface area contributed by atoms with Crippen molar-refractivity contribution in [1.82, 2.24) is 0 Å². The molecular formula is C54H82O6. The Morgan fingerprint density at radius 2 is 0.550 bits per heavy atom. The van der Waals surface area contributed by atoms with Gasteiger partial charge in [-0.25, -0.2) is 0 Å². The van der Waals surface area contributed by atoms with Gasteiger partial charge < -0.3 is 28.4 Å². The number of rotatable bonds is 35. The second-order valence-corrected chi connectivity index (χ2v) is 16.7. The highest BCUT2D eigenvalue weighted by atomic mass is 16.5. The maximum absolute atomic E-state index is 6.60. The molecule has 6 heteroatoms. The zero-order valence-corrected chi connectivity index (χ0v) is 38.9. The van der Waals surface area contributed by atoms with Crippen molar-refractivity contribution in [3.63, 3.8) is 0 Å². The molecule has 0 aliphatic carbocycles. The lowest BCUT2D eigenvalue weighted by Crippen LogP contribution is -2.04. The van der Waals surface area contributed by atoms with Gasteiger partial charge in [-0.05, 0) is 120 Å². The van der Waals surface area contributed by atoms with E-state index in [9.17, 15) is 0 Å². The molecule has 0 saturated heterocycles. The lowest BCUT2D eigenvalue weighted by atomic mass is 9.93. The van der Waals surface area contributed by atoms with Crippen LogP contribution in [0, 0.1) is 0 Å². The fourth-order valence-electron chi connectivity index (χ4n) is 7.75. The Labute approximate surface area is 365 Å². The number of benzene rings is 4. The molecular weight excluding hydrogens is 745 g/mol. The normalized spacial score (nSPS) is 11.6. The summed E-state index contributed by atoms with van der Waals surface area (Å²) < 4.78 is 39.4. The number of hydrogen-bond donors (Lipinski definition) is 0. The lowest BCUT2D eigenvalue weighted by molar-refractivity contribution is 0.260. The van der Waals surface area contributed by atoms with Gasteiger partial charge in [0, 0.05) is 0 Å². The van der Waals surface area contributed by atoms with Crippen LogP contribution in [-0.2, 0) is 0 Å². The van der Waals surface area contributed by atoms with Crippen LogP contribution in [-0.4, -0.2) is 33.0 Å². The lowest BCUT2D eigenvalue weighted by Gasteiger charge is -2.20. The van der Waals surface area contributed by atoms with E-state index in [1.165, 1.54) is 44.9 Å². The van der Waals surface area contributed by atoms with E-state index >= 15 is 0 Å². The third kappa shape index (κ3) is 15.9. The highest BCUT2D eigenvalue weighted by molar-refractivity contribution is 6.26. The van der Waals surface area contributed by atoms with Crippen LogP contribution in [0.3, 0.4) is 0 Å². The van der Waals surface area contributed by atoms with E-state index in [4.69, 9.17) is 28.4 Å². The molecule has 60 heavy (non-hydrogen) atoms. The predicted octanol–water partition coefficient (Wildman–Crippen LogP) is 17.0. The first kappa shape index (κ1) is 48.9. The standard InChI is InChI=1S/C54H82O6/c1-7-13-19-20-21-22-23-24-30-36-60-54-42-48-46-40-52(58-34-28-17-11-5)50(56-32-26-15-9-3)38-44(46)43-37-49(55-31-25-14-8-2)51(57-33-27-16-10-4)39-45(43)47(48)41-53(54)59-35-29-18-12-6/h30,36-42H,7-29,31-35H2,1-6H3/b36-30+. The zero-order valence-electron chi connectivity index (χ0n) is 38.9. The van der Waals surface area contributed by atoms with Gasteiger partial charge in [0.05, 0.1) is 39.3 Å². The van der Waals surface area contributed by atoms with Crippen molar-refractivity contribution in [1.29, 1.82) is 0 Å². The minimum Gasteiger partial charge on any atom is -0.490 e. The van der Waals surface area contributed by atoms with Gasteiger partial charge in [-0.15, -0.1) is 0 Å². The van der Waals surface area contributed by atoms with Crippen LogP contribution in [0.2, 0.25) is 0 Å². The summed E-state index contributed by atoms with van der Waals surface area (Å²) >= 11 is 0. The van der Waals surface area contributed by atoms with Gasteiger partial charge in [-0.1, -0.05) is 144 Å². The minimum absolute atomic E-state index is 0.638. The van der Waals surface area contributed by atoms with Gasteiger partial charge in [-0.3, -0.25) is 0 Å². The van der Waals surface area contributed by atoms with Crippen LogP contribution in [0.25, 0.3) is 32.3 Å². The molecule has 6 nitrogen and oxygen atoms in total. The number of ether oxygens (including phenoxy) is 6. The zero-order chi connectivity index (χ0) is 42.6. The quantitative estimate of drug-likeness (QED) is 0.0262. The topological polar surface area (TPSA) is 55.4 Å². The molecule has 0 aliphatic heterocycles. The number of fused-ring (bicyclic) bond motifs is 6. The molecule has 0 spiro atoms. The van der Waals surface area contributed by atoms with Gasteiger partial charge in [0.2, 0.25) is 0 Å². The molecule has 0 aliphatic rings. The number of unbranched alkanes of at least 4 members (excludes halogenated alkanes) is 17. The SMILES string of the molecule is CCCCCCCCC/C=C/Oc1cc2c(cc1OCCCCC)c1cc(OCCCCC)c(OCCCCC)cc1c1cc(OCCCCC)c(OCCCCC)cc21. The molecule has 4 aromatic carbocycles. The summed E-state index contributed by atoms with van der Waals surface area (Å²) in [7, 11) is 0. The molecule has 4 aromatic rings. The van der Waals surface area contributed by atoms with Crippen LogP contribution in [0.5, 0.6) is 34.5 Å². The number of hydrogen-bond acceptors (Lipinski definition) is 6. The Balaban J connectivity index is 1.90. The average molecular weight is 827 g/mol. The second-order valence-electron chi connectivity index (χ2n) is 16.7. The van der Waals surface area contributed by atoms with E-state index in [1.54, 1.807) is 0 Å². The molecule has 0 fully saturated rings. The number of allylic oxidation sites excluding steroid dienone is 1. The summed E-state index contributed by atoms with van der Waals surface area (Å²) in [5.41, 5.74) is 0. The first-order valence-electron chi connectivity index (χ1n) is 24.6. The van der Waals surface area contributed by atoms with Crippen LogP contribution >= 0.6 is 0 Å². The molecule has 0 N–H and O–H groups in total. The third-order valence-electron chi connectivity index (χ3n) is 11.4. The summed E-state index contributed by atoms with van der Waals surface area (Å²) in [6.45, 7) is 16.7. The maximum atomic E-state index is 6.60. The minimum atomic E-state index is 0.638. The molecule has 0 atom stereocenters. The molecule has 0 radical (unpaired) electrons. The molecule has 4 rings (SSSR count). The van der Waals surface area contributed by atoms with Crippen molar-refractivity contribution < 1.29 is 28.4 Å². The smallest absolute Gasteiger partial charge is 0.169 e. The summed E-state index contributed by atoms with van der Waals surface area (Å²) in [5, 5.41) is 6.55. The molecule has 334 valence electrons. The summed E-state index contributed by atoms with van der Waals surface area (Å²) in [6, 6.07) is 13.2. The average Bonchev–Trinajstić information content (AvgIpc) is 3.26. The highest BCUT2D eigenvalue weighted by Gasteiger charge is 2.20. The van der Waals surface area contributed by atoms with Crippen molar-refractivity contribution in [2.45, 2.75) is 189 Å². The Bertz CT molecular complexity index is 1760. The van der Waals surface area contributed by atoms with Crippen LogP contribution in [0.1, 0.15) is 189 Å². The fourth-order valence-corrected chi connectivity index (χ4v) is 7.75. The van der Waals surface area contributed by atoms with Crippen molar-refractivity contribution in [2.24, 2.45) is 0 Å². The van der Waals surface area contributed by atoms with Crippen LogP contribution < -0.4 is 28.4 Å². The molecule has 0 unspecified atom stereocenters. The van der Waals surface area contributed by atoms with Gasteiger partial charge in [-0.2, -0.15) is 0 Å². The van der Waals surface area contributed by atoms with Crippen LogP contribution in [0.15, 0.2) is 48.7 Å². The van der Waals surface area contributed by atoms with E-state index in [1.807, 2.05) is 6.26 Å². The fraction of sp³-hybridized carbons (Fsp3) is 0.630. The van der Waals surface area contributed by atoms with Gasteiger partial charge in [0.15, 0.2) is 34.5 Å². The molecule has 0 saturated carbocycles. The van der Waals surface area contributed by atoms with E-state index in [-0.39, 0.29) is 0 Å². The predicted molar refractivity (Wildman–Crippen MR) is 256 cm³/mol. The largest absolute Gasteiger partial charge is 0.490 e. The Kier molecular flexibility index (Phi) is 24.0. The first-order valence-corrected chi connectivity index (χ1v) is 24.6. The summed E-state index contributed by atoms with van der Waals surface area (Å²) in [4.78, 5) is 0. The second kappa shape index (κ2) is 29.5. The van der Waals surface area contributed by atoms with E-state index in [0.29, 0.717) is 33.0 Å². The third-order valence-corrected chi connectivity index (χ3v) is 11.4. The highest BCUT2D eigenvalue weighted by Crippen LogP contribution is 2.47. The monoisotopic (exact) mass is 827 g/mol. The maximum Gasteiger partial charge on any atom is 0.169 e. The Morgan fingerprint density at radius 1 is 0.300 bits per heavy atom. The van der Waals surface area contributed by atoms with Crippen LogP contribution in [0.4, 0.5) is 0 Å². The first-order chi connectivity index (χ1) is 29.6. The molecule has 0 bridgehead atoms. The van der Waals surface area contributed by atoms with E-state index in [2.05, 4.69) is 84.0 Å². The van der Waals surface area contributed by atoms with E-state index < -0.39 is 0 Å². The Morgan fingerprint density at radius 3 is 0.867 bits per heavy atom. The van der Waals surface area contributed by atoms with E-state index in [0.717, 1.165) is 170 Å². The molecule has 0 heterocycles. The van der Waals surface area contributed by atoms with Crippen molar-refractivity contribution in [2.75, 3.05) is 33.0 Å². The summed E-state index contributed by atoms with van der Waals surface area (Å²) in [6.07, 6.45) is 30.5. The van der Waals surface area contributed by atoms with Crippen molar-refractivity contribution in [3.8, 4) is 34.5 Å². The van der Waals surface area contributed by atoms with Gasteiger partial charge in [0.1, 0.15) is 0 Å². The van der Waals surface area contributed by atoms with Crippen molar-refractivity contribution in [3.05, 3.63) is 48.7 Å². The van der Waals surface area contributed by atoms with Gasteiger partial charge in [0.25, 0.3) is 0 Å². The summed E-state index contributed by atoms with van der Waals surface area (Å²) in [5.74, 6) is 4.66.